The summed E-state index contributed by atoms with van der Waals surface area (Å²) < 4.78 is 24.8. The maximum absolute atomic E-state index is 12.3. The Bertz CT molecular complexity index is 644. The van der Waals surface area contributed by atoms with E-state index in [0.29, 0.717) is 12.3 Å². The average molecular weight is 323 g/mol. The van der Waals surface area contributed by atoms with Crippen LogP contribution in [-0.4, -0.2) is 47.6 Å². The van der Waals surface area contributed by atoms with Crippen LogP contribution in [0.3, 0.4) is 0 Å². The van der Waals surface area contributed by atoms with Gasteiger partial charge in [-0.1, -0.05) is 6.08 Å². The molecular formula is C15H21N3O3S. The summed E-state index contributed by atoms with van der Waals surface area (Å²) in [5.41, 5.74) is 0. The molecule has 0 bridgehead atoms. The lowest BCUT2D eigenvalue weighted by Crippen LogP contribution is -2.40. The number of carbonyl (C=O) groups is 1. The molecule has 1 fully saturated rings. The molecule has 1 amide bonds. The van der Waals surface area contributed by atoms with E-state index in [1.807, 2.05) is 17.4 Å². The first kappa shape index (κ1) is 15.3. The van der Waals surface area contributed by atoms with E-state index in [0.717, 1.165) is 32.5 Å². The highest BCUT2D eigenvalue weighted by atomic mass is 32.2. The third-order valence-corrected chi connectivity index (χ3v) is 5.90. The molecule has 2 aliphatic heterocycles. The van der Waals surface area contributed by atoms with Crippen LogP contribution in [0, 0.1) is 11.8 Å². The topological polar surface area (TPSA) is 72.3 Å². The third-order valence-electron chi connectivity index (χ3n) is 4.44. The third kappa shape index (κ3) is 3.76. The van der Waals surface area contributed by atoms with Crippen molar-refractivity contribution in [2.24, 2.45) is 11.8 Å². The lowest BCUT2D eigenvalue weighted by atomic mass is 9.96. The molecule has 0 saturated carbocycles. The molecule has 0 N–H and O–H groups in total. The van der Waals surface area contributed by atoms with E-state index in [4.69, 9.17) is 0 Å². The first-order valence-electron chi connectivity index (χ1n) is 7.66. The van der Waals surface area contributed by atoms with Crippen LogP contribution in [0.25, 0.3) is 0 Å². The molecule has 1 saturated heterocycles. The largest absolute Gasteiger partial charge is 0.343 e. The zero-order valence-corrected chi connectivity index (χ0v) is 13.3. The molecule has 0 aliphatic carbocycles. The van der Waals surface area contributed by atoms with Crippen molar-refractivity contribution < 1.29 is 13.2 Å². The monoisotopic (exact) mass is 323 g/mol. The minimum atomic E-state index is -3.07. The Morgan fingerprint density at radius 2 is 2.05 bits per heavy atom. The molecule has 22 heavy (non-hydrogen) atoms. The van der Waals surface area contributed by atoms with Crippen LogP contribution in [0.1, 0.15) is 19.3 Å². The lowest BCUT2D eigenvalue weighted by molar-refractivity contribution is -0.133. The molecule has 3 rings (SSSR count). The number of hydrogen-bond acceptors (Lipinski definition) is 4. The molecule has 7 heteroatoms. The van der Waals surface area contributed by atoms with Gasteiger partial charge in [-0.05, 0) is 18.8 Å². The molecule has 0 spiro atoms. The van der Waals surface area contributed by atoms with E-state index in [1.54, 1.807) is 12.3 Å². The van der Waals surface area contributed by atoms with E-state index in [-0.39, 0.29) is 17.6 Å². The summed E-state index contributed by atoms with van der Waals surface area (Å²) in [5, 5.41) is 1.24. The predicted molar refractivity (Wildman–Crippen MR) is 82.6 cm³/mol. The average Bonchev–Trinajstić information content (AvgIpc) is 3.09. The minimum absolute atomic E-state index is 0.0767. The summed E-state index contributed by atoms with van der Waals surface area (Å²) in [4.78, 5) is 18.2. The summed E-state index contributed by atoms with van der Waals surface area (Å²) in [6, 6.07) is 0. The normalized spacial score (nSPS) is 24.7. The molecule has 0 unspecified atom stereocenters. The molecule has 0 radical (unpaired) electrons. The maximum atomic E-state index is 12.3. The van der Waals surface area contributed by atoms with Gasteiger partial charge >= 0.3 is 0 Å². The standard InChI is InChI=1S/C15H21N3O3S/c19-15(9-14-3-8-22(20,21)11-14)18-5-1-13(2-6-18)10-17-7-4-16-12-17/h3-4,7-8,12-14H,1-2,5-6,9-11H2/t14-/m0/s1. The highest BCUT2D eigenvalue weighted by Crippen LogP contribution is 2.23. The Kier molecular flexibility index (Phi) is 4.33. The van der Waals surface area contributed by atoms with Gasteiger partial charge in [0.15, 0.2) is 9.84 Å². The SMILES string of the molecule is O=C(C[C@@H]1C=CS(=O)(=O)C1)N1CCC(Cn2ccnc2)CC1. The summed E-state index contributed by atoms with van der Waals surface area (Å²) in [6.07, 6.45) is 9.50. The Hall–Kier alpha value is -1.63. The zero-order chi connectivity index (χ0) is 15.6. The first-order valence-corrected chi connectivity index (χ1v) is 9.38. The molecule has 2 aliphatic rings. The van der Waals surface area contributed by atoms with Gasteiger partial charge in [0.05, 0.1) is 12.1 Å². The number of amides is 1. The van der Waals surface area contributed by atoms with Crippen molar-refractivity contribution in [3.63, 3.8) is 0 Å². The number of piperidine rings is 1. The lowest BCUT2D eigenvalue weighted by Gasteiger charge is -2.32. The Labute approximate surface area is 130 Å². The molecule has 3 heterocycles. The summed E-state index contributed by atoms with van der Waals surface area (Å²) >= 11 is 0. The number of rotatable bonds is 4. The van der Waals surface area contributed by atoms with Crippen LogP contribution < -0.4 is 0 Å². The Morgan fingerprint density at radius 3 is 2.64 bits per heavy atom. The fourth-order valence-electron chi connectivity index (χ4n) is 3.18. The van der Waals surface area contributed by atoms with E-state index in [2.05, 4.69) is 9.55 Å². The molecule has 1 aromatic rings. The van der Waals surface area contributed by atoms with Gasteiger partial charge in [0, 0.05) is 49.8 Å². The number of hydrogen-bond donors (Lipinski definition) is 0. The second kappa shape index (κ2) is 6.24. The van der Waals surface area contributed by atoms with Crippen LogP contribution in [0.4, 0.5) is 0 Å². The van der Waals surface area contributed by atoms with Gasteiger partial charge in [-0.25, -0.2) is 13.4 Å². The fourth-order valence-corrected chi connectivity index (χ4v) is 4.58. The van der Waals surface area contributed by atoms with Crippen molar-refractivity contribution in [3.05, 3.63) is 30.2 Å². The Balaban J connectivity index is 1.45. The first-order chi connectivity index (χ1) is 10.5. The minimum Gasteiger partial charge on any atom is -0.343 e. The second-order valence-electron chi connectivity index (χ2n) is 6.21. The van der Waals surface area contributed by atoms with Crippen LogP contribution >= 0.6 is 0 Å². The van der Waals surface area contributed by atoms with E-state index >= 15 is 0 Å². The zero-order valence-electron chi connectivity index (χ0n) is 12.5. The number of allylic oxidation sites excluding steroid dienone is 1. The fraction of sp³-hybridized carbons (Fsp3) is 0.600. The van der Waals surface area contributed by atoms with Crippen molar-refractivity contribution in [2.45, 2.75) is 25.8 Å². The van der Waals surface area contributed by atoms with Crippen LogP contribution in [0.5, 0.6) is 0 Å². The van der Waals surface area contributed by atoms with Gasteiger partial charge in [-0.3, -0.25) is 4.79 Å². The number of aromatic nitrogens is 2. The number of likely N-dealkylation sites (tertiary alicyclic amines) is 1. The maximum Gasteiger partial charge on any atom is 0.223 e. The molecule has 120 valence electrons. The number of sulfone groups is 1. The smallest absolute Gasteiger partial charge is 0.223 e. The van der Waals surface area contributed by atoms with Gasteiger partial charge in [-0.2, -0.15) is 0 Å². The van der Waals surface area contributed by atoms with Crippen molar-refractivity contribution >= 4 is 15.7 Å². The van der Waals surface area contributed by atoms with Crippen molar-refractivity contribution in [1.82, 2.24) is 14.5 Å². The number of nitrogens with zero attached hydrogens (tertiary/aromatic N) is 3. The van der Waals surface area contributed by atoms with Crippen LogP contribution in [0.15, 0.2) is 30.2 Å². The number of imidazole rings is 1. The molecule has 0 aromatic carbocycles. The highest BCUT2D eigenvalue weighted by molar-refractivity contribution is 7.94. The van der Waals surface area contributed by atoms with E-state index in [9.17, 15) is 13.2 Å². The molecule has 1 aromatic heterocycles. The molecule has 1 atom stereocenters. The second-order valence-corrected chi connectivity index (χ2v) is 8.14. The van der Waals surface area contributed by atoms with E-state index < -0.39 is 9.84 Å². The van der Waals surface area contributed by atoms with Crippen molar-refractivity contribution in [1.29, 1.82) is 0 Å². The van der Waals surface area contributed by atoms with Crippen LogP contribution in [0.2, 0.25) is 0 Å². The predicted octanol–water partition coefficient (Wildman–Crippen LogP) is 1.07. The van der Waals surface area contributed by atoms with Crippen LogP contribution in [-0.2, 0) is 21.2 Å². The van der Waals surface area contributed by atoms with Gasteiger partial charge in [-0.15, -0.1) is 0 Å². The molecule has 6 nitrogen and oxygen atoms in total. The van der Waals surface area contributed by atoms with Gasteiger partial charge in [0.2, 0.25) is 5.91 Å². The van der Waals surface area contributed by atoms with Gasteiger partial charge < -0.3 is 9.47 Å². The summed E-state index contributed by atoms with van der Waals surface area (Å²) in [7, 11) is -3.07. The highest BCUT2D eigenvalue weighted by Gasteiger charge is 2.28. The van der Waals surface area contributed by atoms with Gasteiger partial charge in [0.25, 0.3) is 0 Å². The van der Waals surface area contributed by atoms with E-state index in [1.165, 1.54) is 5.41 Å². The molecular weight excluding hydrogens is 302 g/mol. The van der Waals surface area contributed by atoms with Crippen molar-refractivity contribution in [2.75, 3.05) is 18.8 Å². The number of carbonyl (C=O) groups excluding carboxylic acids is 1. The summed E-state index contributed by atoms with van der Waals surface area (Å²) in [6.45, 7) is 2.48. The quantitative estimate of drug-likeness (QED) is 0.831. The summed E-state index contributed by atoms with van der Waals surface area (Å²) in [5.74, 6) is 0.578. The van der Waals surface area contributed by atoms with Crippen molar-refractivity contribution in [3.8, 4) is 0 Å². The Morgan fingerprint density at radius 1 is 1.27 bits per heavy atom. The van der Waals surface area contributed by atoms with Gasteiger partial charge in [0.1, 0.15) is 0 Å².